The van der Waals surface area contributed by atoms with Crippen molar-refractivity contribution in [2.75, 3.05) is 0 Å². The number of H-pyrrole nitrogens is 1. The number of nitrogens with one attached hydrogen (secondary N) is 1. The lowest BCUT2D eigenvalue weighted by molar-refractivity contribution is 0.767. The van der Waals surface area contributed by atoms with Gasteiger partial charge in [0.1, 0.15) is 5.82 Å². The fourth-order valence-electron chi connectivity index (χ4n) is 1.85. The van der Waals surface area contributed by atoms with E-state index in [0.29, 0.717) is 11.2 Å². The van der Waals surface area contributed by atoms with Crippen LogP contribution in [-0.2, 0) is 13.0 Å². The Hall–Kier alpha value is -1.65. The topological polar surface area (TPSA) is 63.6 Å². The van der Waals surface area contributed by atoms with Crippen molar-refractivity contribution in [2.45, 2.75) is 19.4 Å². The van der Waals surface area contributed by atoms with Crippen LogP contribution in [0.15, 0.2) is 11.1 Å². The molecule has 3 rings (SSSR count). The van der Waals surface area contributed by atoms with Gasteiger partial charge in [-0.3, -0.25) is 4.79 Å². The lowest BCUT2D eigenvalue weighted by Gasteiger charge is -1.94. The molecule has 1 aliphatic heterocycles. The van der Waals surface area contributed by atoms with Crippen molar-refractivity contribution in [1.29, 1.82) is 0 Å². The van der Waals surface area contributed by atoms with Crippen LogP contribution in [0.1, 0.15) is 12.2 Å². The second-order valence-corrected chi connectivity index (χ2v) is 3.19. The van der Waals surface area contributed by atoms with Crippen molar-refractivity contribution in [3.63, 3.8) is 0 Å². The zero-order valence-corrected chi connectivity index (χ0v) is 6.95. The van der Waals surface area contributed by atoms with Crippen molar-refractivity contribution >= 4 is 11.2 Å². The smallest absolute Gasteiger partial charge is 0.276 e. The van der Waals surface area contributed by atoms with Crippen LogP contribution in [0.3, 0.4) is 0 Å². The van der Waals surface area contributed by atoms with E-state index in [1.807, 2.05) is 4.57 Å². The molecule has 66 valence electrons. The maximum atomic E-state index is 11.4. The van der Waals surface area contributed by atoms with Crippen molar-refractivity contribution in [3.8, 4) is 0 Å². The normalized spacial score (nSPS) is 15.1. The highest BCUT2D eigenvalue weighted by Gasteiger charge is 2.18. The number of hydrogen-bond acceptors (Lipinski definition) is 3. The Morgan fingerprint density at radius 3 is 3.38 bits per heavy atom. The van der Waals surface area contributed by atoms with Gasteiger partial charge in [-0.1, -0.05) is 0 Å². The van der Waals surface area contributed by atoms with E-state index in [0.717, 1.165) is 25.2 Å². The summed E-state index contributed by atoms with van der Waals surface area (Å²) < 4.78 is 1.96. The lowest BCUT2D eigenvalue weighted by atomic mass is 10.4. The summed E-state index contributed by atoms with van der Waals surface area (Å²) in [5.41, 5.74) is 1.10. The SMILES string of the molecule is O=c1[nH]cnc2nc3n(c12)CCC3. The first-order chi connectivity index (χ1) is 6.36. The van der Waals surface area contributed by atoms with E-state index in [-0.39, 0.29) is 5.56 Å². The van der Waals surface area contributed by atoms with Gasteiger partial charge >= 0.3 is 0 Å². The first-order valence-electron chi connectivity index (χ1n) is 4.29. The van der Waals surface area contributed by atoms with Gasteiger partial charge in [0.05, 0.1) is 6.33 Å². The summed E-state index contributed by atoms with van der Waals surface area (Å²) in [5, 5.41) is 0. The molecule has 0 saturated carbocycles. The van der Waals surface area contributed by atoms with Gasteiger partial charge in [-0.15, -0.1) is 0 Å². The number of rotatable bonds is 0. The van der Waals surface area contributed by atoms with Crippen molar-refractivity contribution in [3.05, 3.63) is 22.5 Å². The summed E-state index contributed by atoms with van der Waals surface area (Å²) in [5.74, 6) is 0.985. The molecule has 1 N–H and O–H groups in total. The molecule has 0 unspecified atom stereocenters. The number of nitrogens with zero attached hydrogens (tertiary/aromatic N) is 3. The van der Waals surface area contributed by atoms with Gasteiger partial charge in [0.15, 0.2) is 11.2 Å². The minimum atomic E-state index is -0.0920. The molecule has 0 radical (unpaired) electrons. The number of imidazole rings is 1. The zero-order chi connectivity index (χ0) is 8.84. The Labute approximate surface area is 73.4 Å². The van der Waals surface area contributed by atoms with E-state index in [2.05, 4.69) is 15.0 Å². The van der Waals surface area contributed by atoms with Crippen LogP contribution in [0.25, 0.3) is 11.2 Å². The Kier molecular flexibility index (Phi) is 1.15. The van der Waals surface area contributed by atoms with Crippen LogP contribution in [0, 0.1) is 0 Å². The molecule has 2 aromatic heterocycles. The van der Waals surface area contributed by atoms with E-state index >= 15 is 0 Å². The highest BCUT2D eigenvalue weighted by Crippen LogP contribution is 2.17. The largest absolute Gasteiger partial charge is 0.322 e. The monoisotopic (exact) mass is 176 g/mol. The maximum absolute atomic E-state index is 11.4. The molecule has 0 fully saturated rings. The van der Waals surface area contributed by atoms with Crippen LogP contribution in [-0.4, -0.2) is 19.5 Å². The van der Waals surface area contributed by atoms with E-state index in [1.165, 1.54) is 6.33 Å². The number of aromatic amines is 1. The molecule has 2 aromatic rings. The van der Waals surface area contributed by atoms with Gasteiger partial charge in [0.2, 0.25) is 0 Å². The fraction of sp³-hybridized carbons (Fsp3) is 0.375. The van der Waals surface area contributed by atoms with Gasteiger partial charge in [-0.05, 0) is 6.42 Å². The third-order valence-corrected chi connectivity index (χ3v) is 2.41. The number of aryl methyl sites for hydroxylation is 2. The fourth-order valence-corrected chi connectivity index (χ4v) is 1.85. The van der Waals surface area contributed by atoms with Crippen LogP contribution >= 0.6 is 0 Å². The zero-order valence-electron chi connectivity index (χ0n) is 6.95. The van der Waals surface area contributed by atoms with Crippen LogP contribution in [0.4, 0.5) is 0 Å². The predicted molar refractivity (Wildman–Crippen MR) is 46.5 cm³/mol. The maximum Gasteiger partial charge on any atom is 0.276 e. The molecular weight excluding hydrogens is 168 g/mol. The molecule has 5 heteroatoms. The Balaban J connectivity index is 2.53. The summed E-state index contributed by atoms with van der Waals surface area (Å²) in [6.07, 6.45) is 3.43. The van der Waals surface area contributed by atoms with Gasteiger partial charge < -0.3 is 9.55 Å². The number of fused-ring (bicyclic) bond motifs is 3. The molecule has 0 amide bonds. The minimum absolute atomic E-state index is 0.0920. The van der Waals surface area contributed by atoms with Crippen LogP contribution < -0.4 is 5.56 Å². The minimum Gasteiger partial charge on any atom is -0.322 e. The number of hydrogen-bond donors (Lipinski definition) is 1. The van der Waals surface area contributed by atoms with Crippen molar-refractivity contribution in [1.82, 2.24) is 19.5 Å². The lowest BCUT2D eigenvalue weighted by Crippen LogP contribution is -2.10. The molecule has 0 saturated heterocycles. The van der Waals surface area contributed by atoms with E-state index in [4.69, 9.17) is 0 Å². The molecule has 0 aromatic carbocycles. The summed E-state index contributed by atoms with van der Waals surface area (Å²) >= 11 is 0. The van der Waals surface area contributed by atoms with E-state index < -0.39 is 0 Å². The summed E-state index contributed by atoms with van der Waals surface area (Å²) in [4.78, 5) is 22.3. The molecule has 5 nitrogen and oxygen atoms in total. The molecule has 1 aliphatic rings. The Bertz CT molecular complexity index is 524. The highest BCUT2D eigenvalue weighted by molar-refractivity contribution is 5.70. The van der Waals surface area contributed by atoms with E-state index in [1.54, 1.807) is 0 Å². The van der Waals surface area contributed by atoms with Gasteiger partial charge in [-0.2, -0.15) is 0 Å². The Morgan fingerprint density at radius 1 is 1.54 bits per heavy atom. The first-order valence-corrected chi connectivity index (χ1v) is 4.29. The quantitative estimate of drug-likeness (QED) is 0.617. The van der Waals surface area contributed by atoms with Gasteiger partial charge in [-0.25, -0.2) is 9.97 Å². The predicted octanol–water partition coefficient (Wildman–Crippen LogP) is 0.0658. The molecule has 0 spiro atoms. The molecule has 0 atom stereocenters. The summed E-state index contributed by atoms with van der Waals surface area (Å²) in [6.45, 7) is 0.889. The standard InChI is InChI=1S/C8H8N4O/c13-8-6-7(9-4-10-8)11-5-2-1-3-12(5)6/h4H,1-3H2,(H,9,10,13). The molecule has 3 heterocycles. The van der Waals surface area contributed by atoms with Crippen LogP contribution in [0.5, 0.6) is 0 Å². The van der Waals surface area contributed by atoms with Gasteiger partial charge in [0.25, 0.3) is 5.56 Å². The summed E-state index contributed by atoms with van der Waals surface area (Å²) in [6, 6.07) is 0. The van der Waals surface area contributed by atoms with Crippen molar-refractivity contribution in [2.24, 2.45) is 0 Å². The van der Waals surface area contributed by atoms with Crippen molar-refractivity contribution < 1.29 is 0 Å². The first kappa shape index (κ1) is 6.82. The average molecular weight is 176 g/mol. The number of aromatic nitrogens is 4. The molecular formula is C8H8N4O. The molecule has 0 bridgehead atoms. The molecule has 0 aliphatic carbocycles. The Morgan fingerprint density at radius 2 is 2.46 bits per heavy atom. The third-order valence-electron chi connectivity index (χ3n) is 2.41. The average Bonchev–Trinajstić information content (AvgIpc) is 2.62. The summed E-state index contributed by atoms with van der Waals surface area (Å²) in [7, 11) is 0. The van der Waals surface area contributed by atoms with Crippen LogP contribution in [0.2, 0.25) is 0 Å². The molecule has 13 heavy (non-hydrogen) atoms. The van der Waals surface area contributed by atoms with Gasteiger partial charge in [0, 0.05) is 13.0 Å². The second kappa shape index (κ2) is 2.18. The highest BCUT2D eigenvalue weighted by atomic mass is 16.1. The second-order valence-electron chi connectivity index (χ2n) is 3.19. The van der Waals surface area contributed by atoms with E-state index in [9.17, 15) is 4.79 Å². The third kappa shape index (κ3) is 0.783.